The quantitative estimate of drug-likeness (QED) is 0.730. The van der Waals surface area contributed by atoms with Gasteiger partial charge in [0.2, 0.25) is 0 Å². The number of anilines is 1. The lowest BCUT2D eigenvalue weighted by molar-refractivity contribution is -0.196. The van der Waals surface area contributed by atoms with Crippen molar-refractivity contribution >= 4 is 11.9 Å². The third kappa shape index (κ3) is 2.88. The lowest BCUT2D eigenvalue weighted by Crippen LogP contribution is -2.27. The molecule has 0 saturated heterocycles. The van der Waals surface area contributed by atoms with E-state index in [1.54, 1.807) is 5.48 Å². The van der Waals surface area contributed by atoms with E-state index in [4.69, 9.17) is 0 Å². The van der Waals surface area contributed by atoms with E-state index in [-0.39, 0.29) is 5.95 Å². The van der Waals surface area contributed by atoms with Crippen molar-refractivity contribution in [2.45, 2.75) is 6.18 Å². The largest absolute Gasteiger partial charge is 0.493 e. The van der Waals surface area contributed by atoms with Crippen LogP contribution >= 0.6 is 0 Å². The van der Waals surface area contributed by atoms with Crippen molar-refractivity contribution in [2.24, 2.45) is 0 Å². The van der Waals surface area contributed by atoms with Crippen molar-refractivity contribution in [1.29, 1.82) is 0 Å². The molecule has 1 heterocycles. The molecule has 8 heteroatoms. The molecule has 1 rings (SSSR count). The first-order chi connectivity index (χ1) is 6.50. The van der Waals surface area contributed by atoms with E-state index in [0.29, 0.717) is 0 Å². The predicted octanol–water partition coefficient (Wildman–Crippen LogP) is 0.909. The van der Waals surface area contributed by atoms with Crippen molar-refractivity contribution in [3.05, 3.63) is 18.5 Å². The molecule has 0 radical (unpaired) electrons. The van der Waals surface area contributed by atoms with Gasteiger partial charge in [-0.15, -0.1) is 0 Å². The molecule has 14 heavy (non-hydrogen) atoms. The fraction of sp³-hybridized carbons (Fsp3) is 0.167. The van der Waals surface area contributed by atoms with Crippen LogP contribution in [0, 0.1) is 0 Å². The van der Waals surface area contributed by atoms with Gasteiger partial charge >= 0.3 is 12.1 Å². The molecule has 1 aromatic rings. The van der Waals surface area contributed by atoms with E-state index in [1.165, 1.54) is 18.5 Å². The summed E-state index contributed by atoms with van der Waals surface area (Å²) in [6.07, 6.45) is -2.49. The smallest absolute Gasteiger partial charge is 0.332 e. The third-order valence-electron chi connectivity index (χ3n) is 1.03. The third-order valence-corrected chi connectivity index (χ3v) is 1.03. The number of alkyl halides is 3. The number of hydrogen-bond donors (Lipinski definition) is 1. The first-order valence-electron chi connectivity index (χ1n) is 3.31. The molecular formula is C6H4F3N3O2. The second-order valence-corrected chi connectivity index (χ2v) is 2.06. The monoisotopic (exact) mass is 207 g/mol. The average molecular weight is 207 g/mol. The maximum absolute atomic E-state index is 11.6. The molecule has 1 aromatic heterocycles. The van der Waals surface area contributed by atoms with Crippen LogP contribution in [0.2, 0.25) is 0 Å². The Bertz CT molecular complexity index is 314. The van der Waals surface area contributed by atoms with Crippen molar-refractivity contribution < 1.29 is 22.8 Å². The Morgan fingerprint density at radius 3 is 2.43 bits per heavy atom. The standard InChI is InChI=1S/C6H4F3N3O2/c7-6(8,9)4(13)14-12-5-10-2-1-3-11-5/h1-3H,(H,10,11,12). The average Bonchev–Trinajstić information content (AvgIpc) is 2.14. The molecular weight excluding hydrogens is 203 g/mol. The minimum atomic E-state index is -5.04. The number of rotatable bonds is 2. The first kappa shape index (κ1) is 10.2. The molecule has 0 aliphatic heterocycles. The van der Waals surface area contributed by atoms with Gasteiger partial charge < -0.3 is 4.84 Å². The van der Waals surface area contributed by atoms with E-state index in [2.05, 4.69) is 14.8 Å². The van der Waals surface area contributed by atoms with Crippen molar-refractivity contribution in [3.63, 3.8) is 0 Å². The number of carbonyl (C=O) groups is 1. The maximum Gasteiger partial charge on any atom is 0.493 e. The Morgan fingerprint density at radius 2 is 1.93 bits per heavy atom. The molecule has 0 aliphatic carbocycles. The lowest BCUT2D eigenvalue weighted by Gasteiger charge is -2.06. The van der Waals surface area contributed by atoms with Gasteiger partial charge in [-0.1, -0.05) is 0 Å². The molecule has 0 spiro atoms. The highest BCUT2D eigenvalue weighted by Gasteiger charge is 2.41. The summed E-state index contributed by atoms with van der Waals surface area (Å²) in [4.78, 5) is 20.8. The Kier molecular flexibility index (Phi) is 2.85. The Hall–Kier alpha value is -1.86. The van der Waals surface area contributed by atoms with Crippen LogP contribution in [0.3, 0.4) is 0 Å². The van der Waals surface area contributed by atoms with Gasteiger partial charge in [0.1, 0.15) is 0 Å². The summed E-state index contributed by atoms with van der Waals surface area (Å²) in [6, 6.07) is 1.46. The second kappa shape index (κ2) is 3.90. The molecule has 0 aliphatic rings. The van der Waals surface area contributed by atoms with Gasteiger partial charge in [-0.05, 0) is 6.07 Å². The number of carbonyl (C=O) groups excluding carboxylic acids is 1. The summed E-state index contributed by atoms with van der Waals surface area (Å²) < 4.78 is 34.8. The first-order valence-corrected chi connectivity index (χ1v) is 3.31. The summed E-state index contributed by atoms with van der Waals surface area (Å²) in [7, 11) is 0. The molecule has 0 bridgehead atoms. The number of aromatic nitrogens is 2. The van der Waals surface area contributed by atoms with E-state index < -0.39 is 12.1 Å². The molecule has 1 N–H and O–H groups in total. The predicted molar refractivity (Wildman–Crippen MR) is 37.8 cm³/mol. The molecule has 0 amide bonds. The number of halogens is 3. The van der Waals surface area contributed by atoms with Crippen molar-refractivity contribution in [3.8, 4) is 0 Å². The van der Waals surface area contributed by atoms with Crippen molar-refractivity contribution in [2.75, 3.05) is 5.48 Å². The van der Waals surface area contributed by atoms with Gasteiger partial charge in [0.05, 0.1) is 0 Å². The molecule has 0 fully saturated rings. The topological polar surface area (TPSA) is 64.1 Å². The Morgan fingerprint density at radius 1 is 1.36 bits per heavy atom. The maximum atomic E-state index is 11.6. The Labute approximate surface area is 75.9 Å². The second-order valence-electron chi connectivity index (χ2n) is 2.06. The summed E-state index contributed by atoms with van der Waals surface area (Å²) in [5.41, 5.74) is 1.66. The zero-order valence-corrected chi connectivity index (χ0v) is 6.58. The van der Waals surface area contributed by atoms with Crippen molar-refractivity contribution in [1.82, 2.24) is 9.97 Å². The summed E-state index contributed by atoms with van der Waals surface area (Å²) in [5, 5.41) is 0. The van der Waals surface area contributed by atoms with Crippen LogP contribution in [0.1, 0.15) is 0 Å². The van der Waals surface area contributed by atoms with Crippen LogP contribution in [-0.4, -0.2) is 22.1 Å². The minimum absolute atomic E-state index is 0.231. The van der Waals surface area contributed by atoms with Gasteiger partial charge in [-0.25, -0.2) is 14.8 Å². The summed E-state index contributed by atoms with van der Waals surface area (Å²) in [5.74, 6) is -2.59. The van der Waals surface area contributed by atoms with Crippen LogP contribution in [0.4, 0.5) is 19.1 Å². The molecule has 0 atom stereocenters. The molecule has 0 unspecified atom stereocenters. The normalized spacial score (nSPS) is 10.8. The van der Waals surface area contributed by atoms with Gasteiger partial charge in [0, 0.05) is 12.4 Å². The fourth-order valence-electron chi connectivity index (χ4n) is 0.502. The SMILES string of the molecule is O=C(ONc1ncccn1)C(F)(F)F. The van der Waals surface area contributed by atoms with E-state index in [0.717, 1.165) is 0 Å². The highest BCUT2D eigenvalue weighted by atomic mass is 19.4. The van der Waals surface area contributed by atoms with Gasteiger partial charge in [-0.2, -0.15) is 18.7 Å². The molecule has 0 aromatic carbocycles. The summed E-state index contributed by atoms with van der Waals surface area (Å²) >= 11 is 0. The van der Waals surface area contributed by atoms with Gasteiger partial charge in [0.15, 0.2) is 0 Å². The zero-order chi connectivity index (χ0) is 10.6. The lowest BCUT2D eigenvalue weighted by atomic mass is 10.7. The molecule has 76 valence electrons. The zero-order valence-electron chi connectivity index (χ0n) is 6.58. The van der Waals surface area contributed by atoms with Crippen LogP contribution in [-0.2, 0) is 9.63 Å². The summed E-state index contributed by atoms with van der Waals surface area (Å²) in [6.45, 7) is 0. The molecule has 5 nitrogen and oxygen atoms in total. The van der Waals surface area contributed by atoms with Crippen LogP contribution in [0.5, 0.6) is 0 Å². The van der Waals surface area contributed by atoms with Gasteiger partial charge in [0.25, 0.3) is 5.95 Å². The van der Waals surface area contributed by atoms with E-state index in [9.17, 15) is 18.0 Å². The highest BCUT2D eigenvalue weighted by molar-refractivity contribution is 5.76. The minimum Gasteiger partial charge on any atom is -0.332 e. The van der Waals surface area contributed by atoms with Gasteiger partial charge in [-0.3, -0.25) is 0 Å². The van der Waals surface area contributed by atoms with Crippen LogP contribution in [0.25, 0.3) is 0 Å². The van der Waals surface area contributed by atoms with E-state index in [1.807, 2.05) is 0 Å². The number of nitrogens with one attached hydrogen (secondary N) is 1. The Balaban J connectivity index is 2.46. The number of hydrogen-bond acceptors (Lipinski definition) is 5. The molecule has 0 saturated carbocycles. The fourth-order valence-corrected chi connectivity index (χ4v) is 0.502. The van der Waals surface area contributed by atoms with Crippen LogP contribution < -0.4 is 5.48 Å². The highest BCUT2D eigenvalue weighted by Crippen LogP contribution is 2.16. The van der Waals surface area contributed by atoms with E-state index >= 15 is 0 Å². The number of nitrogens with zero attached hydrogens (tertiary/aromatic N) is 2. The van der Waals surface area contributed by atoms with Crippen LogP contribution in [0.15, 0.2) is 18.5 Å².